The minimum Gasteiger partial charge on any atom is -0.453 e. The van der Waals surface area contributed by atoms with E-state index in [0.717, 1.165) is 16.5 Å². The molecule has 0 fully saturated rings. The van der Waals surface area contributed by atoms with Crippen LogP contribution in [0.3, 0.4) is 0 Å². The number of ether oxygens (including phenoxy) is 1. The van der Waals surface area contributed by atoms with Crippen LogP contribution in [0.2, 0.25) is 0 Å². The Balaban J connectivity index is 2.14. The number of rotatable bonds is 3. The average Bonchev–Trinajstić information content (AvgIpc) is 2.50. The van der Waals surface area contributed by atoms with Gasteiger partial charge in [-0.2, -0.15) is 0 Å². The number of aromatic nitrogens is 1. The van der Waals surface area contributed by atoms with E-state index >= 15 is 0 Å². The molecule has 5 heteroatoms. The second-order valence-electron chi connectivity index (χ2n) is 4.51. The molecule has 1 heterocycles. The third-order valence-electron chi connectivity index (χ3n) is 3.13. The molecule has 0 aliphatic heterocycles. The Labute approximate surface area is 129 Å². The fraction of sp³-hybridized carbons (Fsp3) is 0.0625. The molecule has 0 aliphatic rings. The number of hydrogen-bond donors (Lipinski definition) is 1. The van der Waals surface area contributed by atoms with E-state index in [1.54, 1.807) is 18.3 Å². The molecule has 3 aromatic rings. The molecule has 0 saturated carbocycles. The molecular formula is C16H12BrFN2O. The molecule has 3 nitrogen and oxygen atoms in total. The van der Waals surface area contributed by atoms with E-state index in [0.29, 0.717) is 10.2 Å². The maximum atomic E-state index is 14.0. The molecule has 3 rings (SSSR count). The largest absolute Gasteiger partial charge is 0.453 e. The summed E-state index contributed by atoms with van der Waals surface area (Å²) in [4.78, 5) is 4.33. The van der Waals surface area contributed by atoms with Crippen molar-refractivity contribution in [1.29, 1.82) is 0 Å². The van der Waals surface area contributed by atoms with Crippen molar-refractivity contribution in [1.82, 2.24) is 4.98 Å². The van der Waals surface area contributed by atoms with E-state index in [1.807, 2.05) is 24.3 Å². The van der Waals surface area contributed by atoms with Gasteiger partial charge in [0.2, 0.25) is 0 Å². The predicted molar refractivity (Wildman–Crippen MR) is 83.8 cm³/mol. The maximum Gasteiger partial charge on any atom is 0.166 e. The molecule has 0 amide bonds. The second kappa shape index (κ2) is 5.79. The first kappa shape index (κ1) is 14.0. The van der Waals surface area contributed by atoms with Crippen LogP contribution in [0.25, 0.3) is 10.9 Å². The third kappa shape index (κ3) is 2.75. The van der Waals surface area contributed by atoms with Crippen LogP contribution < -0.4 is 10.5 Å². The number of para-hydroxylation sites is 1. The van der Waals surface area contributed by atoms with Crippen molar-refractivity contribution in [2.45, 2.75) is 6.54 Å². The molecule has 21 heavy (non-hydrogen) atoms. The van der Waals surface area contributed by atoms with Gasteiger partial charge < -0.3 is 10.5 Å². The van der Waals surface area contributed by atoms with Crippen molar-refractivity contribution in [2.75, 3.05) is 0 Å². The van der Waals surface area contributed by atoms with Crippen LogP contribution in [-0.4, -0.2) is 4.98 Å². The van der Waals surface area contributed by atoms with Crippen molar-refractivity contribution < 1.29 is 9.13 Å². The lowest BCUT2D eigenvalue weighted by atomic mass is 10.1. The Morgan fingerprint density at radius 1 is 1.19 bits per heavy atom. The van der Waals surface area contributed by atoms with Gasteiger partial charge in [0, 0.05) is 28.2 Å². The molecule has 0 bridgehead atoms. The summed E-state index contributed by atoms with van der Waals surface area (Å²) in [7, 11) is 0. The number of nitrogens with two attached hydrogens (primary N) is 1. The summed E-state index contributed by atoms with van der Waals surface area (Å²) in [5.41, 5.74) is 7.25. The van der Waals surface area contributed by atoms with Gasteiger partial charge >= 0.3 is 0 Å². The van der Waals surface area contributed by atoms with Crippen LogP contribution in [0.1, 0.15) is 5.56 Å². The topological polar surface area (TPSA) is 48.1 Å². The third-order valence-corrected chi connectivity index (χ3v) is 3.62. The van der Waals surface area contributed by atoms with E-state index in [-0.39, 0.29) is 12.3 Å². The monoisotopic (exact) mass is 346 g/mol. The van der Waals surface area contributed by atoms with E-state index in [1.165, 1.54) is 6.07 Å². The van der Waals surface area contributed by atoms with Gasteiger partial charge in [0.05, 0.1) is 5.52 Å². The van der Waals surface area contributed by atoms with E-state index in [2.05, 4.69) is 20.9 Å². The predicted octanol–water partition coefficient (Wildman–Crippen LogP) is 4.39. The van der Waals surface area contributed by atoms with Crippen molar-refractivity contribution in [3.05, 3.63) is 64.5 Å². The molecule has 0 saturated heterocycles. The normalized spacial score (nSPS) is 10.8. The first-order chi connectivity index (χ1) is 10.2. The Kier molecular flexibility index (Phi) is 3.86. The second-order valence-corrected chi connectivity index (χ2v) is 5.43. The Morgan fingerprint density at radius 2 is 2.00 bits per heavy atom. The molecular weight excluding hydrogens is 335 g/mol. The quantitative estimate of drug-likeness (QED) is 0.765. The zero-order valence-corrected chi connectivity index (χ0v) is 12.6. The zero-order chi connectivity index (χ0) is 14.8. The molecule has 0 atom stereocenters. The fourth-order valence-corrected chi connectivity index (χ4v) is 2.42. The first-order valence-corrected chi connectivity index (χ1v) is 7.18. The fourth-order valence-electron chi connectivity index (χ4n) is 2.09. The molecule has 2 N–H and O–H groups in total. The zero-order valence-electron chi connectivity index (χ0n) is 11.0. The van der Waals surface area contributed by atoms with Gasteiger partial charge in [0.1, 0.15) is 5.75 Å². The van der Waals surface area contributed by atoms with Crippen LogP contribution >= 0.6 is 15.9 Å². The minimum atomic E-state index is -0.437. The van der Waals surface area contributed by atoms with Gasteiger partial charge in [-0.05, 0) is 30.3 Å². The van der Waals surface area contributed by atoms with E-state index in [4.69, 9.17) is 10.5 Å². The highest BCUT2D eigenvalue weighted by Gasteiger charge is 2.12. The van der Waals surface area contributed by atoms with E-state index < -0.39 is 5.82 Å². The number of nitrogens with zero attached hydrogens (tertiary/aromatic N) is 1. The number of benzene rings is 2. The molecule has 2 aromatic carbocycles. The number of hydrogen-bond acceptors (Lipinski definition) is 3. The highest BCUT2D eigenvalue weighted by Crippen LogP contribution is 2.34. The molecule has 0 radical (unpaired) electrons. The number of pyridine rings is 1. The molecule has 1 aromatic heterocycles. The Hall–Kier alpha value is -1.98. The summed E-state index contributed by atoms with van der Waals surface area (Å²) >= 11 is 3.22. The summed E-state index contributed by atoms with van der Waals surface area (Å²) in [6.07, 6.45) is 1.66. The van der Waals surface area contributed by atoms with Crippen LogP contribution in [-0.2, 0) is 6.54 Å². The molecule has 0 aliphatic carbocycles. The van der Waals surface area contributed by atoms with Crippen molar-refractivity contribution >= 4 is 26.8 Å². The van der Waals surface area contributed by atoms with Crippen molar-refractivity contribution in [2.24, 2.45) is 5.73 Å². The van der Waals surface area contributed by atoms with Crippen molar-refractivity contribution in [3.63, 3.8) is 0 Å². The van der Waals surface area contributed by atoms with Crippen LogP contribution in [0, 0.1) is 5.82 Å². The Bertz CT molecular complexity index is 807. The van der Waals surface area contributed by atoms with Crippen LogP contribution in [0.15, 0.2) is 53.1 Å². The molecule has 0 unspecified atom stereocenters. The van der Waals surface area contributed by atoms with Crippen LogP contribution in [0.5, 0.6) is 11.5 Å². The van der Waals surface area contributed by atoms with E-state index in [9.17, 15) is 4.39 Å². The average molecular weight is 347 g/mol. The number of fused-ring (bicyclic) bond motifs is 1. The summed E-state index contributed by atoms with van der Waals surface area (Å²) in [5.74, 6) is 0.266. The Morgan fingerprint density at radius 3 is 2.76 bits per heavy atom. The lowest BCUT2D eigenvalue weighted by Crippen LogP contribution is -2.02. The lowest BCUT2D eigenvalue weighted by molar-refractivity contribution is 0.441. The number of halogens is 2. The highest BCUT2D eigenvalue weighted by atomic mass is 79.9. The van der Waals surface area contributed by atoms with Gasteiger partial charge in [-0.15, -0.1) is 0 Å². The smallest absolute Gasteiger partial charge is 0.166 e. The summed E-state index contributed by atoms with van der Waals surface area (Å²) in [6, 6.07) is 12.2. The minimum absolute atomic E-state index is 0.157. The standard InChI is InChI=1S/C16H12BrFN2O/c17-11-5-6-15(13(18)7-11)21-16-10(8-19)9-20-14-4-2-1-3-12(14)16/h1-7,9H,8,19H2. The van der Waals surface area contributed by atoms with Gasteiger partial charge in [-0.1, -0.05) is 28.1 Å². The SMILES string of the molecule is NCc1cnc2ccccc2c1Oc1ccc(Br)cc1F. The van der Waals surface area contributed by atoms with Crippen molar-refractivity contribution in [3.8, 4) is 11.5 Å². The first-order valence-electron chi connectivity index (χ1n) is 6.38. The maximum absolute atomic E-state index is 14.0. The van der Waals surface area contributed by atoms with Gasteiger partial charge in [0.25, 0.3) is 0 Å². The summed E-state index contributed by atoms with van der Waals surface area (Å²) < 4.78 is 20.4. The summed E-state index contributed by atoms with van der Waals surface area (Å²) in [5, 5.41) is 0.808. The molecule has 0 spiro atoms. The highest BCUT2D eigenvalue weighted by molar-refractivity contribution is 9.10. The van der Waals surface area contributed by atoms with Gasteiger partial charge in [-0.25, -0.2) is 4.39 Å². The van der Waals surface area contributed by atoms with Gasteiger partial charge in [-0.3, -0.25) is 4.98 Å². The lowest BCUT2D eigenvalue weighted by Gasteiger charge is -2.13. The van der Waals surface area contributed by atoms with Crippen LogP contribution in [0.4, 0.5) is 4.39 Å². The van der Waals surface area contributed by atoms with Gasteiger partial charge in [0.15, 0.2) is 11.6 Å². The molecule has 106 valence electrons. The summed E-state index contributed by atoms with van der Waals surface area (Å²) in [6.45, 7) is 0.269.